The minimum atomic E-state index is -0.749. The first kappa shape index (κ1) is 16.9. The SMILES string of the molecule is CCOC(=O)C(Nc1ccc(OC)cc1)[C@@H]1OCC[C@H]1N=[N+]=[N-]. The molecule has 23 heavy (non-hydrogen) atoms. The van der Waals surface area contributed by atoms with Gasteiger partial charge in [-0.25, -0.2) is 4.79 Å². The maximum Gasteiger partial charge on any atom is 0.331 e. The fourth-order valence-electron chi connectivity index (χ4n) is 2.48. The molecule has 1 aliphatic heterocycles. The summed E-state index contributed by atoms with van der Waals surface area (Å²) in [6.07, 6.45) is 0.0154. The monoisotopic (exact) mass is 320 g/mol. The first-order valence-electron chi connectivity index (χ1n) is 7.42. The number of nitrogens with zero attached hydrogens (tertiary/aromatic N) is 3. The van der Waals surface area contributed by atoms with Crippen molar-refractivity contribution < 1.29 is 19.0 Å². The average Bonchev–Trinajstić information content (AvgIpc) is 3.01. The summed E-state index contributed by atoms with van der Waals surface area (Å²) in [4.78, 5) is 15.1. The number of nitrogens with one attached hydrogen (secondary N) is 1. The second-order valence-corrected chi connectivity index (χ2v) is 5.00. The zero-order valence-electron chi connectivity index (χ0n) is 13.1. The molecule has 1 fully saturated rings. The average molecular weight is 320 g/mol. The van der Waals surface area contributed by atoms with E-state index in [1.54, 1.807) is 38.3 Å². The van der Waals surface area contributed by atoms with Crippen LogP contribution in [0.3, 0.4) is 0 Å². The van der Waals surface area contributed by atoms with Crippen LogP contribution in [0, 0.1) is 0 Å². The molecule has 0 bridgehead atoms. The number of hydrogen-bond donors (Lipinski definition) is 1. The molecule has 0 radical (unpaired) electrons. The number of hydrogen-bond acceptors (Lipinski definition) is 6. The second-order valence-electron chi connectivity index (χ2n) is 5.00. The number of ether oxygens (including phenoxy) is 3. The van der Waals surface area contributed by atoms with E-state index in [9.17, 15) is 4.79 Å². The molecule has 0 saturated carbocycles. The highest BCUT2D eigenvalue weighted by molar-refractivity contribution is 5.80. The Morgan fingerprint density at radius 2 is 2.26 bits per heavy atom. The minimum absolute atomic E-state index is 0.262. The van der Waals surface area contributed by atoms with E-state index in [0.29, 0.717) is 18.8 Å². The molecule has 0 spiro atoms. The Labute approximate surface area is 134 Å². The molecule has 1 heterocycles. The molecular weight excluding hydrogens is 300 g/mol. The summed E-state index contributed by atoms with van der Waals surface area (Å²) in [7, 11) is 1.58. The van der Waals surface area contributed by atoms with Gasteiger partial charge in [-0.15, -0.1) is 0 Å². The van der Waals surface area contributed by atoms with Gasteiger partial charge in [0.2, 0.25) is 0 Å². The number of benzene rings is 1. The quantitative estimate of drug-likeness (QED) is 0.359. The van der Waals surface area contributed by atoms with Gasteiger partial charge in [-0.2, -0.15) is 0 Å². The first-order valence-corrected chi connectivity index (χ1v) is 7.42. The van der Waals surface area contributed by atoms with E-state index in [0.717, 1.165) is 5.69 Å². The highest BCUT2D eigenvalue weighted by Gasteiger charge is 2.39. The molecule has 3 atom stereocenters. The lowest BCUT2D eigenvalue weighted by molar-refractivity contribution is -0.147. The van der Waals surface area contributed by atoms with E-state index >= 15 is 0 Å². The van der Waals surface area contributed by atoms with E-state index in [1.807, 2.05) is 0 Å². The number of carbonyl (C=O) groups excluding carboxylic acids is 1. The predicted octanol–water partition coefficient (Wildman–Crippen LogP) is 2.51. The van der Waals surface area contributed by atoms with E-state index < -0.39 is 24.2 Å². The largest absolute Gasteiger partial charge is 0.497 e. The number of methoxy groups -OCH3 is 1. The topological polar surface area (TPSA) is 106 Å². The normalized spacial score (nSPS) is 21.1. The van der Waals surface area contributed by atoms with Gasteiger partial charge in [0.05, 0.1) is 25.9 Å². The summed E-state index contributed by atoms with van der Waals surface area (Å²) >= 11 is 0. The van der Waals surface area contributed by atoms with Crippen LogP contribution >= 0.6 is 0 Å². The molecule has 1 aliphatic rings. The van der Waals surface area contributed by atoms with Crippen molar-refractivity contribution in [3.8, 4) is 5.75 Å². The van der Waals surface area contributed by atoms with Crippen molar-refractivity contribution in [1.82, 2.24) is 0 Å². The van der Waals surface area contributed by atoms with Crippen molar-refractivity contribution >= 4 is 11.7 Å². The van der Waals surface area contributed by atoms with Gasteiger partial charge in [0, 0.05) is 17.2 Å². The van der Waals surface area contributed by atoms with Crippen LogP contribution in [0.25, 0.3) is 10.4 Å². The van der Waals surface area contributed by atoms with Crippen molar-refractivity contribution in [2.45, 2.75) is 31.5 Å². The van der Waals surface area contributed by atoms with E-state index in [2.05, 4.69) is 15.3 Å². The number of anilines is 1. The summed E-state index contributed by atoms with van der Waals surface area (Å²) in [6.45, 7) is 2.44. The molecule has 8 heteroatoms. The minimum Gasteiger partial charge on any atom is -0.497 e. The second kappa shape index (κ2) is 8.26. The molecule has 2 rings (SSSR count). The predicted molar refractivity (Wildman–Crippen MR) is 84.3 cm³/mol. The molecule has 1 aromatic carbocycles. The molecule has 124 valence electrons. The smallest absolute Gasteiger partial charge is 0.331 e. The highest BCUT2D eigenvalue weighted by atomic mass is 16.5. The van der Waals surface area contributed by atoms with Gasteiger partial charge in [-0.05, 0) is 43.1 Å². The van der Waals surface area contributed by atoms with Crippen molar-refractivity contribution in [2.75, 3.05) is 25.6 Å². The van der Waals surface area contributed by atoms with Gasteiger partial charge in [-0.1, -0.05) is 5.11 Å². The van der Waals surface area contributed by atoms with Crippen LogP contribution in [0.1, 0.15) is 13.3 Å². The molecule has 1 aromatic rings. The molecule has 0 aliphatic carbocycles. The molecule has 1 saturated heterocycles. The number of rotatable bonds is 7. The lowest BCUT2D eigenvalue weighted by Gasteiger charge is -2.26. The standard InChI is InChI=1S/C15H20N4O4/c1-3-22-15(20)13(14-12(18-19-16)8-9-23-14)17-10-4-6-11(21-2)7-5-10/h4-7,12-14,17H,3,8-9H2,1-2H3/t12-,13?,14-/m1/s1. The van der Waals surface area contributed by atoms with Crippen LogP contribution < -0.4 is 10.1 Å². The fraction of sp³-hybridized carbons (Fsp3) is 0.533. The molecule has 1 unspecified atom stereocenters. The third kappa shape index (κ3) is 4.28. The summed E-state index contributed by atoms with van der Waals surface area (Å²) < 4.78 is 15.8. The maximum absolute atomic E-state index is 12.3. The Hall–Kier alpha value is -2.44. The van der Waals surface area contributed by atoms with Crippen LogP contribution in [-0.2, 0) is 14.3 Å². The van der Waals surface area contributed by atoms with E-state index in [1.165, 1.54) is 0 Å². The Kier molecular flexibility index (Phi) is 6.08. The number of esters is 1. The van der Waals surface area contributed by atoms with Crippen LogP contribution in [0.2, 0.25) is 0 Å². The summed E-state index contributed by atoms with van der Waals surface area (Å²) in [5, 5.41) is 6.83. The molecular formula is C15H20N4O4. The molecule has 0 amide bonds. The van der Waals surface area contributed by atoms with E-state index in [4.69, 9.17) is 19.7 Å². The van der Waals surface area contributed by atoms with Crippen LogP contribution in [0.4, 0.5) is 5.69 Å². The Morgan fingerprint density at radius 1 is 1.52 bits per heavy atom. The van der Waals surface area contributed by atoms with Gasteiger partial charge in [0.25, 0.3) is 0 Å². The lowest BCUT2D eigenvalue weighted by Crippen LogP contribution is -2.46. The lowest BCUT2D eigenvalue weighted by atomic mass is 10.0. The molecule has 8 nitrogen and oxygen atoms in total. The van der Waals surface area contributed by atoms with Crippen LogP contribution in [0.5, 0.6) is 5.75 Å². The van der Waals surface area contributed by atoms with Gasteiger partial charge in [0.1, 0.15) is 5.75 Å². The van der Waals surface area contributed by atoms with Gasteiger partial charge in [0.15, 0.2) is 6.04 Å². The third-order valence-corrected chi connectivity index (χ3v) is 3.58. The van der Waals surface area contributed by atoms with Crippen LogP contribution in [-0.4, -0.2) is 44.5 Å². The Bertz CT molecular complexity index is 571. The fourth-order valence-corrected chi connectivity index (χ4v) is 2.48. The van der Waals surface area contributed by atoms with Gasteiger partial charge < -0.3 is 19.5 Å². The van der Waals surface area contributed by atoms with Gasteiger partial charge >= 0.3 is 5.97 Å². The third-order valence-electron chi connectivity index (χ3n) is 3.58. The summed E-state index contributed by atoms with van der Waals surface area (Å²) in [6, 6.07) is 6.00. The van der Waals surface area contributed by atoms with Gasteiger partial charge in [-0.3, -0.25) is 0 Å². The highest BCUT2D eigenvalue weighted by Crippen LogP contribution is 2.24. The summed E-state index contributed by atoms with van der Waals surface area (Å²) in [5.74, 6) is 0.278. The van der Waals surface area contributed by atoms with Crippen molar-refractivity contribution in [3.05, 3.63) is 34.7 Å². The zero-order valence-corrected chi connectivity index (χ0v) is 13.1. The van der Waals surface area contributed by atoms with Crippen molar-refractivity contribution in [1.29, 1.82) is 0 Å². The van der Waals surface area contributed by atoms with E-state index in [-0.39, 0.29) is 6.61 Å². The van der Waals surface area contributed by atoms with Crippen molar-refractivity contribution in [2.24, 2.45) is 5.11 Å². The molecule has 0 aromatic heterocycles. The Balaban J connectivity index is 2.19. The zero-order chi connectivity index (χ0) is 16.7. The van der Waals surface area contributed by atoms with Crippen molar-refractivity contribution in [3.63, 3.8) is 0 Å². The Morgan fingerprint density at radius 3 is 2.87 bits per heavy atom. The first-order chi connectivity index (χ1) is 11.2. The molecule has 1 N–H and O–H groups in total. The maximum atomic E-state index is 12.3. The van der Waals surface area contributed by atoms with Crippen LogP contribution in [0.15, 0.2) is 29.4 Å². The number of azide groups is 1. The number of carbonyl (C=O) groups is 1. The summed E-state index contributed by atoms with van der Waals surface area (Å²) in [5.41, 5.74) is 9.39.